The van der Waals surface area contributed by atoms with Gasteiger partial charge in [0.15, 0.2) is 0 Å². The first-order valence-electron chi connectivity index (χ1n) is 5.88. The summed E-state index contributed by atoms with van der Waals surface area (Å²) < 4.78 is 0. The summed E-state index contributed by atoms with van der Waals surface area (Å²) in [5.74, 6) is 1.33. The van der Waals surface area contributed by atoms with Crippen molar-refractivity contribution in [3.05, 3.63) is 23.4 Å². The van der Waals surface area contributed by atoms with Gasteiger partial charge in [-0.1, -0.05) is 24.4 Å². The Balaban J connectivity index is 2.05. The molecule has 3 nitrogen and oxygen atoms in total. The van der Waals surface area contributed by atoms with Gasteiger partial charge in [0, 0.05) is 12.2 Å². The Morgan fingerprint density at radius 3 is 3.00 bits per heavy atom. The molecule has 0 aromatic carbocycles. The van der Waals surface area contributed by atoms with E-state index in [9.17, 15) is 0 Å². The third kappa shape index (κ3) is 2.66. The molecule has 0 saturated heterocycles. The molecule has 16 heavy (non-hydrogen) atoms. The number of aromatic nitrogens is 1. The summed E-state index contributed by atoms with van der Waals surface area (Å²) in [6.07, 6.45) is 6.68. The second-order valence-corrected chi connectivity index (χ2v) is 4.77. The molecular weight excluding hydrogens is 222 g/mol. The third-order valence-corrected chi connectivity index (χ3v) is 3.60. The van der Waals surface area contributed by atoms with Crippen molar-refractivity contribution in [2.75, 3.05) is 11.9 Å². The summed E-state index contributed by atoms with van der Waals surface area (Å²) in [5.41, 5.74) is 5.79. The molecule has 1 saturated carbocycles. The summed E-state index contributed by atoms with van der Waals surface area (Å²) >= 11 is 6.08. The molecule has 1 fully saturated rings. The van der Waals surface area contributed by atoms with Crippen LogP contribution >= 0.6 is 11.6 Å². The molecule has 1 aromatic rings. The van der Waals surface area contributed by atoms with Gasteiger partial charge in [-0.2, -0.15) is 0 Å². The Hall–Kier alpha value is -0.800. The van der Waals surface area contributed by atoms with E-state index < -0.39 is 0 Å². The molecule has 1 aliphatic rings. The number of nitrogens with one attached hydrogen (secondary N) is 1. The zero-order valence-corrected chi connectivity index (χ0v) is 10.1. The number of pyridine rings is 1. The molecule has 0 bridgehead atoms. The number of nitrogens with two attached hydrogens (primary N) is 1. The van der Waals surface area contributed by atoms with Crippen LogP contribution in [0.5, 0.6) is 0 Å². The fourth-order valence-electron chi connectivity index (χ4n) is 2.35. The van der Waals surface area contributed by atoms with Gasteiger partial charge >= 0.3 is 0 Å². The van der Waals surface area contributed by atoms with E-state index in [2.05, 4.69) is 10.3 Å². The van der Waals surface area contributed by atoms with Crippen molar-refractivity contribution in [3.8, 4) is 0 Å². The molecule has 1 aliphatic carbocycles. The molecule has 1 aromatic heterocycles. The van der Waals surface area contributed by atoms with Crippen LogP contribution in [0.2, 0.25) is 5.02 Å². The summed E-state index contributed by atoms with van der Waals surface area (Å²) in [6, 6.07) is 4.12. The average Bonchev–Trinajstić information content (AvgIpc) is 2.33. The molecular formula is C12H18ClN3. The number of anilines is 1. The van der Waals surface area contributed by atoms with Gasteiger partial charge in [0.05, 0.1) is 5.02 Å². The van der Waals surface area contributed by atoms with Crippen molar-refractivity contribution in [1.29, 1.82) is 0 Å². The van der Waals surface area contributed by atoms with Crippen LogP contribution in [0.3, 0.4) is 0 Å². The van der Waals surface area contributed by atoms with Gasteiger partial charge in [0.1, 0.15) is 5.82 Å². The van der Waals surface area contributed by atoms with E-state index in [4.69, 9.17) is 17.3 Å². The quantitative estimate of drug-likeness (QED) is 0.853. The molecule has 0 radical (unpaired) electrons. The fourth-order valence-corrected chi connectivity index (χ4v) is 2.52. The van der Waals surface area contributed by atoms with Gasteiger partial charge in [0.25, 0.3) is 0 Å². The molecule has 0 spiro atoms. The summed E-state index contributed by atoms with van der Waals surface area (Å²) in [7, 11) is 0. The Morgan fingerprint density at radius 2 is 2.25 bits per heavy atom. The van der Waals surface area contributed by atoms with E-state index >= 15 is 0 Å². The highest BCUT2D eigenvalue weighted by atomic mass is 35.5. The minimum Gasteiger partial charge on any atom is -0.366 e. The van der Waals surface area contributed by atoms with E-state index in [1.807, 2.05) is 12.1 Å². The zero-order chi connectivity index (χ0) is 11.4. The minimum atomic E-state index is 0.422. The van der Waals surface area contributed by atoms with Crippen molar-refractivity contribution in [2.45, 2.75) is 31.7 Å². The highest BCUT2D eigenvalue weighted by molar-refractivity contribution is 6.32. The molecule has 4 heteroatoms. The molecule has 2 rings (SSSR count). The molecule has 0 amide bonds. The molecule has 1 heterocycles. The standard InChI is InChI=1S/C12H18ClN3/c13-10-5-3-7-15-12(10)16-11-6-2-1-4-9(11)8-14/h3,5,7,9,11H,1-2,4,6,8,14H2,(H,15,16). The highest BCUT2D eigenvalue weighted by Crippen LogP contribution is 2.28. The summed E-state index contributed by atoms with van der Waals surface area (Å²) in [6.45, 7) is 0.738. The maximum atomic E-state index is 6.08. The molecule has 88 valence electrons. The van der Waals surface area contributed by atoms with Crippen molar-refractivity contribution in [2.24, 2.45) is 11.7 Å². The molecule has 0 aliphatic heterocycles. The maximum absolute atomic E-state index is 6.08. The normalized spacial score (nSPS) is 25.4. The van der Waals surface area contributed by atoms with Crippen LogP contribution in [0.25, 0.3) is 0 Å². The first kappa shape index (κ1) is 11.7. The average molecular weight is 240 g/mol. The van der Waals surface area contributed by atoms with Crippen LogP contribution in [0.15, 0.2) is 18.3 Å². The van der Waals surface area contributed by atoms with Gasteiger partial charge in [-0.25, -0.2) is 4.98 Å². The predicted molar refractivity (Wildman–Crippen MR) is 67.7 cm³/mol. The Bertz CT molecular complexity index is 343. The van der Waals surface area contributed by atoms with E-state index in [1.54, 1.807) is 6.20 Å². The van der Waals surface area contributed by atoms with Crippen LogP contribution < -0.4 is 11.1 Å². The van der Waals surface area contributed by atoms with Gasteiger partial charge in [-0.05, 0) is 37.4 Å². The maximum Gasteiger partial charge on any atom is 0.144 e. The summed E-state index contributed by atoms with van der Waals surface area (Å²) in [4.78, 5) is 4.26. The highest BCUT2D eigenvalue weighted by Gasteiger charge is 2.24. The number of hydrogen-bond donors (Lipinski definition) is 2. The minimum absolute atomic E-state index is 0.422. The van der Waals surface area contributed by atoms with Crippen LogP contribution in [0, 0.1) is 5.92 Å². The zero-order valence-electron chi connectivity index (χ0n) is 9.32. The Kier molecular flexibility index (Phi) is 4.02. The number of rotatable bonds is 3. The fraction of sp³-hybridized carbons (Fsp3) is 0.583. The first-order valence-corrected chi connectivity index (χ1v) is 6.26. The van der Waals surface area contributed by atoms with E-state index in [0.29, 0.717) is 17.0 Å². The molecule has 3 N–H and O–H groups in total. The smallest absolute Gasteiger partial charge is 0.144 e. The lowest BCUT2D eigenvalue weighted by Gasteiger charge is -2.31. The molecule has 2 unspecified atom stereocenters. The second-order valence-electron chi connectivity index (χ2n) is 4.36. The van der Waals surface area contributed by atoms with Crippen LogP contribution in [0.4, 0.5) is 5.82 Å². The van der Waals surface area contributed by atoms with Crippen molar-refractivity contribution < 1.29 is 0 Å². The van der Waals surface area contributed by atoms with Crippen LogP contribution in [-0.4, -0.2) is 17.6 Å². The lowest BCUT2D eigenvalue weighted by atomic mass is 9.84. The van der Waals surface area contributed by atoms with Gasteiger partial charge in [-0.15, -0.1) is 0 Å². The lowest BCUT2D eigenvalue weighted by molar-refractivity contribution is 0.332. The van der Waals surface area contributed by atoms with E-state index in [-0.39, 0.29) is 0 Å². The van der Waals surface area contributed by atoms with Gasteiger partial charge in [0.2, 0.25) is 0 Å². The van der Waals surface area contributed by atoms with Crippen molar-refractivity contribution in [1.82, 2.24) is 4.98 Å². The molecule has 2 atom stereocenters. The first-order chi connectivity index (χ1) is 7.81. The van der Waals surface area contributed by atoms with Crippen LogP contribution in [0.1, 0.15) is 25.7 Å². The number of halogens is 1. The second kappa shape index (κ2) is 5.51. The lowest BCUT2D eigenvalue weighted by Crippen LogP contribution is -2.37. The number of nitrogens with zero attached hydrogens (tertiary/aromatic N) is 1. The van der Waals surface area contributed by atoms with Crippen molar-refractivity contribution >= 4 is 17.4 Å². The van der Waals surface area contributed by atoms with Crippen LogP contribution in [-0.2, 0) is 0 Å². The Labute approximate surface area is 101 Å². The van der Waals surface area contributed by atoms with Crippen molar-refractivity contribution in [3.63, 3.8) is 0 Å². The van der Waals surface area contributed by atoms with Gasteiger partial charge in [-0.3, -0.25) is 0 Å². The van der Waals surface area contributed by atoms with E-state index in [1.165, 1.54) is 19.3 Å². The third-order valence-electron chi connectivity index (χ3n) is 3.29. The monoisotopic (exact) mass is 239 g/mol. The van der Waals surface area contributed by atoms with Gasteiger partial charge < -0.3 is 11.1 Å². The Morgan fingerprint density at radius 1 is 1.44 bits per heavy atom. The van der Waals surface area contributed by atoms with E-state index in [0.717, 1.165) is 18.8 Å². The largest absolute Gasteiger partial charge is 0.366 e. The SMILES string of the molecule is NCC1CCCCC1Nc1ncccc1Cl. The predicted octanol–water partition coefficient (Wildman–Crippen LogP) is 2.66. The topological polar surface area (TPSA) is 50.9 Å². The summed E-state index contributed by atoms with van der Waals surface area (Å²) in [5, 5.41) is 4.11. The number of hydrogen-bond acceptors (Lipinski definition) is 3.